The second-order valence-electron chi connectivity index (χ2n) is 6.12. The number of rotatable bonds is 7. The van der Waals surface area contributed by atoms with Crippen LogP contribution in [0, 0.1) is 0 Å². The molecule has 0 aliphatic carbocycles. The van der Waals surface area contributed by atoms with Gasteiger partial charge in [-0.3, -0.25) is 0 Å². The van der Waals surface area contributed by atoms with Gasteiger partial charge in [0.25, 0.3) is 0 Å². The van der Waals surface area contributed by atoms with E-state index in [1.54, 1.807) is 25.1 Å². The van der Waals surface area contributed by atoms with E-state index in [2.05, 4.69) is 15.0 Å². The van der Waals surface area contributed by atoms with Crippen molar-refractivity contribution in [3.8, 4) is 23.1 Å². The second kappa shape index (κ2) is 8.89. The van der Waals surface area contributed by atoms with Crippen molar-refractivity contribution in [2.24, 2.45) is 0 Å². The molecule has 29 heavy (non-hydrogen) atoms. The quantitative estimate of drug-likeness (QED) is 0.559. The van der Waals surface area contributed by atoms with Gasteiger partial charge in [-0.05, 0) is 49.7 Å². The van der Waals surface area contributed by atoms with Gasteiger partial charge < -0.3 is 9.47 Å². The molecule has 0 aliphatic rings. The lowest BCUT2D eigenvalue weighted by Crippen LogP contribution is -2.08. The Bertz CT molecular complexity index is 960. The summed E-state index contributed by atoms with van der Waals surface area (Å²) in [4.78, 5) is 13.0. The van der Waals surface area contributed by atoms with Crippen LogP contribution in [0.2, 0.25) is 0 Å². The van der Waals surface area contributed by atoms with Gasteiger partial charge in [0.15, 0.2) is 5.82 Å². The van der Waals surface area contributed by atoms with Crippen molar-refractivity contribution in [2.45, 2.75) is 26.4 Å². The van der Waals surface area contributed by atoms with Crippen LogP contribution in [0.25, 0.3) is 11.4 Å². The molecule has 0 saturated heterocycles. The summed E-state index contributed by atoms with van der Waals surface area (Å²) in [7, 11) is 0. The summed E-state index contributed by atoms with van der Waals surface area (Å²) in [5.74, 6) is 1.43. The minimum Gasteiger partial charge on any atom is -0.494 e. The minimum atomic E-state index is -4.40. The van der Waals surface area contributed by atoms with Crippen molar-refractivity contribution in [1.82, 2.24) is 15.0 Å². The fourth-order valence-electron chi connectivity index (χ4n) is 2.71. The average Bonchev–Trinajstić information content (AvgIpc) is 2.68. The Labute approximate surface area is 166 Å². The summed E-state index contributed by atoms with van der Waals surface area (Å²) < 4.78 is 49.8. The van der Waals surface area contributed by atoms with E-state index in [1.165, 1.54) is 6.07 Å². The molecule has 0 atom stereocenters. The van der Waals surface area contributed by atoms with Crippen molar-refractivity contribution in [3.05, 3.63) is 65.5 Å². The summed E-state index contributed by atoms with van der Waals surface area (Å²) in [5, 5.41) is 0. The van der Waals surface area contributed by atoms with Crippen LogP contribution >= 0.6 is 0 Å². The Hall–Kier alpha value is -3.16. The Morgan fingerprint density at radius 3 is 2.24 bits per heavy atom. The van der Waals surface area contributed by atoms with Crippen LogP contribution in [0.3, 0.4) is 0 Å². The summed E-state index contributed by atoms with van der Waals surface area (Å²) in [6.45, 7) is 4.61. The molecule has 0 fully saturated rings. The third kappa shape index (κ3) is 5.43. The van der Waals surface area contributed by atoms with Crippen LogP contribution in [0.15, 0.2) is 48.5 Å². The second-order valence-corrected chi connectivity index (χ2v) is 6.12. The molecular weight excluding hydrogens is 383 g/mol. The van der Waals surface area contributed by atoms with E-state index < -0.39 is 11.7 Å². The minimum absolute atomic E-state index is 0.122. The Kier molecular flexibility index (Phi) is 6.31. The number of ether oxygens (including phenoxy) is 2. The molecule has 1 heterocycles. The molecule has 0 N–H and O–H groups in total. The SMILES string of the molecule is CCOc1ccc(-c2nc(Cc3cccc(C(F)(F)F)c3)nc(OCC)n2)cc1. The van der Waals surface area contributed by atoms with Crippen LogP contribution in [-0.4, -0.2) is 28.2 Å². The number of hydrogen-bond donors (Lipinski definition) is 0. The summed E-state index contributed by atoms with van der Waals surface area (Å²) >= 11 is 0. The maximum atomic E-state index is 13.0. The van der Waals surface area contributed by atoms with Crippen LogP contribution < -0.4 is 9.47 Å². The molecule has 0 bridgehead atoms. The lowest BCUT2D eigenvalue weighted by molar-refractivity contribution is -0.137. The standard InChI is InChI=1S/C21H20F3N3O2/c1-3-28-17-10-8-15(9-11-17)19-25-18(26-20(27-19)29-4-2)13-14-6-5-7-16(12-14)21(22,23)24/h5-12H,3-4,13H2,1-2H3. The molecule has 0 unspecified atom stereocenters. The monoisotopic (exact) mass is 403 g/mol. The molecule has 152 valence electrons. The highest BCUT2D eigenvalue weighted by atomic mass is 19.4. The first-order valence-electron chi connectivity index (χ1n) is 9.16. The smallest absolute Gasteiger partial charge is 0.416 e. The maximum absolute atomic E-state index is 13.0. The van der Waals surface area contributed by atoms with Gasteiger partial charge in [0.05, 0.1) is 18.8 Å². The zero-order chi connectivity index (χ0) is 20.9. The Morgan fingerprint density at radius 1 is 0.862 bits per heavy atom. The predicted molar refractivity (Wildman–Crippen MR) is 102 cm³/mol. The van der Waals surface area contributed by atoms with Gasteiger partial charge in [-0.25, -0.2) is 4.98 Å². The molecular formula is C21H20F3N3O2. The molecule has 8 heteroatoms. The predicted octanol–water partition coefficient (Wildman–Crippen LogP) is 4.95. The summed E-state index contributed by atoms with van der Waals surface area (Å²) in [5.41, 5.74) is 0.467. The Morgan fingerprint density at radius 2 is 1.59 bits per heavy atom. The van der Waals surface area contributed by atoms with E-state index in [0.29, 0.717) is 30.4 Å². The average molecular weight is 403 g/mol. The largest absolute Gasteiger partial charge is 0.494 e. The maximum Gasteiger partial charge on any atom is 0.416 e. The molecule has 3 aromatic rings. The number of aromatic nitrogens is 3. The molecule has 0 spiro atoms. The van der Waals surface area contributed by atoms with E-state index in [9.17, 15) is 13.2 Å². The van der Waals surface area contributed by atoms with E-state index in [0.717, 1.165) is 23.4 Å². The van der Waals surface area contributed by atoms with Crippen molar-refractivity contribution >= 4 is 0 Å². The van der Waals surface area contributed by atoms with Crippen LogP contribution in [0.4, 0.5) is 13.2 Å². The normalized spacial score (nSPS) is 11.3. The van der Waals surface area contributed by atoms with Gasteiger partial charge in [-0.2, -0.15) is 23.1 Å². The number of hydrogen-bond acceptors (Lipinski definition) is 5. The molecule has 0 aliphatic heterocycles. The van der Waals surface area contributed by atoms with Gasteiger partial charge in [0.2, 0.25) is 0 Å². The van der Waals surface area contributed by atoms with Gasteiger partial charge in [0, 0.05) is 12.0 Å². The molecule has 0 amide bonds. The van der Waals surface area contributed by atoms with Gasteiger partial charge in [0.1, 0.15) is 11.6 Å². The van der Waals surface area contributed by atoms with Crippen molar-refractivity contribution in [3.63, 3.8) is 0 Å². The van der Waals surface area contributed by atoms with Crippen LogP contribution in [0.1, 0.15) is 30.8 Å². The fraction of sp³-hybridized carbons (Fsp3) is 0.286. The first-order valence-corrected chi connectivity index (χ1v) is 9.16. The molecule has 5 nitrogen and oxygen atoms in total. The molecule has 2 aromatic carbocycles. The highest BCUT2D eigenvalue weighted by Gasteiger charge is 2.30. The zero-order valence-corrected chi connectivity index (χ0v) is 16.0. The van der Waals surface area contributed by atoms with E-state index >= 15 is 0 Å². The molecule has 0 radical (unpaired) electrons. The summed E-state index contributed by atoms with van der Waals surface area (Å²) in [6, 6.07) is 12.5. The van der Waals surface area contributed by atoms with Crippen molar-refractivity contribution in [1.29, 1.82) is 0 Å². The van der Waals surface area contributed by atoms with E-state index in [1.807, 2.05) is 19.1 Å². The zero-order valence-electron chi connectivity index (χ0n) is 16.0. The molecule has 0 saturated carbocycles. The highest BCUT2D eigenvalue weighted by molar-refractivity contribution is 5.56. The number of nitrogens with zero attached hydrogens (tertiary/aromatic N) is 3. The summed E-state index contributed by atoms with van der Waals surface area (Å²) in [6.07, 6.45) is -4.28. The highest BCUT2D eigenvalue weighted by Crippen LogP contribution is 2.30. The number of halogens is 3. The molecule has 3 rings (SSSR count). The fourth-order valence-corrected chi connectivity index (χ4v) is 2.71. The Balaban J connectivity index is 1.93. The van der Waals surface area contributed by atoms with Crippen LogP contribution in [0.5, 0.6) is 11.8 Å². The lowest BCUT2D eigenvalue weighted by Gasteiger charge is -2.10. The van der Waals surface area contributed by atoms with E-state index in [4.69, 9.17) is 9.47 Å². The lowest BCUT2D eigenvalue weighted by atomic mass is 10.1. The number of benzene rings is 2. The first-order chi connectivity index (χ1) is 13.9. The first kappa shape index (κ1) is 20.6. The van der Waals surface area contributed by atoms with Crippen LogP contribution in [-0.2, 0) is 12.6 Å². The van der Waals surface area contributed by atoms with Crippen molar-refractivity contribution in [2.75, 3.05) is 13.2 Å². The third-order valence-corrected chi connectivity index (χ3v) is 3.97. The third-order valence-electron chi connectivity index (χ3n) is 3.97. The van der Waals surface area contributed by atoms with E-state index in [-0.39, 0.29) is 12.4 Å². The molecule has 1 aromatic heterocycles. The van der Waals surface area contributed by atoms with Gasteiger partial charge in [-0.15, -0.1) is 0 Å². The van der Waals surface area contributed by atoms with Gasteiger partial charge in [-0.1, -0.05) is 18.2 Å². The topological polar surface area (TPSA) is 57.1 Å². The number of alkyl halides is 3. The van der Waals surface area contributed by atoms with Crippen molar-refractivity contribution < 1.29 is 22.6 Å². The van der Waals surface area contributed by atoms with Gasteiger partial charge >= 0.3 is 12.2 Å².